The second-order valence-corrected chi connectivity index (χ2v) is 5.78. The Morgan fingerprint density at radius 3 is 2.25 bits per heavy atom. The van der Waals surface area contributed by atoms with Crippen LogP contribution in [0.25, 0.3) is 0 Å². The summed E-state index contributed by atoms with van der Waals surface area (Å²) >= 11 is 4.70. The van der Waals surface area contributed by atoms with Crippen LogP contribution in [0.15, 0.2) is 24.3 Å². The van der Waals surface area contributed by atoms with Crippen molar-refractivity contribution in [3.05, 3.63) is 24.3 Å². The first kappa shape index (κ1) is 15.4. The van der Waals surface area contributed by atoms with Crippen LogP contribution in [-0.2, 0) is 0 Å². The maximum atomic E-state index is 12.1. The van der Waals surface area contributed by atoms with Crippen LogP contribution in [0.1, 0.15) is 0 Å². The molecule has 1 aromatic carbocycles. The Labute approximate surface area is 134 Å². The van der Waals surface area contributed by atoms with Gasteiger partial charge in [0, 0.05) is 24.5 Å². The van der Waals surface area contributed by atoms with Gasteiger partial charge < -0.3 is 24.2 Å². The third kappa shape index (κ3) is 4.52. The molecule has 0 atom stereocenters. The summed E-state index contributed by atoms with van der Waals surface area (Å²) in [7, 11) is 0. The Bertz CT molecular complexity index is 504. The lowest BCUT2D eigenvalue weighted by Crippen LogP contribution is -2.49. The van der Waals surface area contributed by atoms with Gasteiger partial charge >= 0.3 is 6.03 Å². The number of hydrogen-bond acceptors (Lipinski definition) is 3. The summed E-state index contributed by atoms with van der Waals surface area (Å²) in [5.41, 5.74) is 1.32. The van der Waals surface area contributed by atoms with Crippen LogP contribution < -0.4 is 10.6 Å². The molecule has 0 unspecified atom stereocenters. The largest absolute Gasteiger partial charge is 0.400 e. The summed E-state index contributed by atoms with van der Waals surface area (Å²) in [6.45, 7) is 3.11. The second kappa shape index (κ2) is 7.13. The van der Waals surface area contributed by atoms with Gasteiger partial charge in [0.15, 0.2) is 0 Å². The van der Waals surface area contributed by atoms with Gasteiger partial charge in [-0.1, -0.05) is 6.07 Å². The van der Waals surface area contributed by atoms with Gasteiger partial charge in [0.25, 0.3) is 32.8 Å². The molecule has 1 aromatic rings. The Kier molecular flexibility index (Phi) is 5.48. The zero-order valence-corrected chi connectivity index (χ0v) is 13.3. The average molecular weight is 300 g/mol. The molecule has 0 bridgehead atoms. The molecular weight excluding hydrogens is 286 g/mol. The van der Waals surface area contributed by atoms with Gasteiger partial charge in [-0.25, -0.2) is 4.79 Å². The van der Waals surface area contributed by atoms with Crippen LogP contribution >= 0.6 is 0 Å². The fourth-order valence-corrected chi connectivity index (χ4v) is 2.34. The van der Waals surface area contributed by atoms with Crippen molar-refractivity contribution in [2.45, 2.75) is 0 Å². The van der Waals surface area contributed by atoms with E-state index in [1.165, 1.54) is 0 Å². The number of carbonyl (C=O) groups is 2. The maximum absolute atomic E-state index is 12.1. The number of nitrogens with zero attached hydrogens (tertiary/aromatic N) is 2. The van der Waals surface area contributed by atoms with E-state index in [1.807, 2.05) is 0 Å². The molecule has 0 aromatic heterocycles. The Morgan fingerprint density at radius 2 is 1.65 bits per heavy atom. The molecule has 6 nitrogen and oxygen atoms in total. The van der Waals surface area contributed by atoms with Crippen LogP contribution in [0, 0.1) is 0 Å². The smallest absolute Gasteiger partial charge is 0.321 e. The first-order chi connectivity index (χ1) is 9.54. The summed E-state index contributed by atoms with van der Waals surface area (Å²) in [5.74, 6) is 0. The van der Waals surface area contributed by atoms with Gasteiger partial charge in [-0.15, -0.1) is 0 Å². The van der Waals surface area contributed by atoms with Crippen molar-refractivity contribution in [3.8, 4) is 0 Å². The molecule has 1 aliphatic rings. The number of rotatable bonds is 2. The number of piperazine rings is 1. The van der Waals surface area contributed by atoms with Gasteiger partial charge in [-0.05, 0) is 31.3 Å². The minimum absolute atomic E-state index is 0.113. The van der Waals surface area contributed by atoms with Crippen LogP contribution in [0.4, 0.5) is 21.0 Å². The van der Waals surface area contributed by atoms with E-state index in [9.17, 15) is 9.59 Å². The molecule has 1 heterocycles. The van der Waals surface area contributed by atoms with E-state index in [1.54, 1.807) is 29.2 Å². The molecule has 2 rings (SSSR count). The van der Waals surface area contributed by atoms with Crippen LogP contribution in [0.2, 0.25) is 0 Å². The summed E-state index contributed by atoms with van der Waals surface area (Å²) in [5, 5.41) is 5.50. The second-order valence-electron chi connectivity index (χ2n) is 4.52. The Morgan fingerprint density at radius 1 is 1.05 bits per heavy atom. The van der Waals surface area contributed by atoms with Gasteiger partial charge in [0.05, 0.1) is 0 Å². The molecule has 20 heavy (non-hydrogen) atoms. The lowest BCUT2D eigenvalue weighted by molar-refractivity contribution is 0.186. The Hall–Kier alpha value is -1.02. The third-order valence-corrected chi connectivity index (χ3v) is 3.64. The van der Waals surface area contributed by atoms with E-state index in [4.69, 9.17) is 0 Å². The molecule has 0 aliphatic carbocycles. The summed E-state index contributed by atoms with van der Waals surface area (Å²) < 4.78 is 1.89. The molecule has 0 spiro atoms. The van der Waals surface area contributed by atoms with E-state index in [2.05, 4.69) is 47.3 Å². The van der Waals surface area contributed by atoms with E-state index in [-0.39, 0.29) is 10.8 Å². The van der Waals surface area contributed by atoms with Crippen molar-refractivity contribution in [2.24, 2.45) is 0 Å². The fraction of sp³-hybridized carbons (Fsp3) is 0.333. The van der Waals surface area contributed by atoms with Gasteiger partial charge in [-0.3, -0.25) is 0 Å². The highest BCUT2D eigenvalue weighted by atomic mass is 27.1. The number of amides is 3. The average Bonchev–Trinajstić information content (AvgIpc) is 2.39. The monoisotopic (exact) mass is 300 g/mol. The van der Waals surface area contributed by atoms with Crippen molar-refractivity contribution < 1.29 is 9.59 Å². The topological polar surface area (TPSA) is 64.7 Å². The maximum Gasteiger partial charge on any atom is 0.321 e. The predicted molar refractivity (Wildman–Crippen MR) is 79.1 cm³/mol. The van der Waals surface area contributed by atoms with Gasteiger partial charge in [0.2, 0.25) is 0 Å². The lowest BCUT2D eigenvalue weighted by Gasteiger charge is -2.33. The first-order valence-corrected chi connectivity index (χ1v) is 7.36. The van der Waals surface area contributed by atoms with Crippen molar-refractivity contribution >= 4 is 55.0 Å². The highest BCUT2D eigenvalue weighted by Gasteiger charge is 2.18. The normalized spacial score (nSPS) is 15.7. The summed E-state index contributed by atoms with van der Waals surface area (Å²) in [6.07, 6.45) is 0. The Balaban J connectivity index is 1.95. The number of hydrogen-bond donors (Lipinski definition) is 2. The minimum atomic E-state index is -0.218. The summed E-state index contributed by atoms with van der Waals surface area (Å²) in [4.78, 5) is 24.9. The van der Waals surface area contributed by atoms with E-state index in [0.29, 0.717) is 24.5 Å². The lowest BCUT2D eigenvalue weighted by atomic mass is 10.3. The molecular formula is C12H14Al2N4O2. The molecule has 1 fully saturated rings. The number of urea groups is 1. The quantitative estimate of drug-likeness (QED) is 0.787. The molecule has 1 saturated heterocycles. The van der Waals surface area contributed by atoms with Crippen molar-refractivity contribution in [2.75, 3.05) is 36.8 Å². The molecule has 8 heteroatoms. The van der Waals surface area contributed by atoms with Crippen molar-refractivity contribution in [3.63, 3.8) is 0 Å². The summed E-state index contributed by atoms with van der Waals surface area (Å²) in [6, 6.07) is 6.96. The molecule has 4 radical (unpaired) electrons. The predicted octanol–water partition coefficient (Wildman–Crippen LogP) is 0.620. The molecule has 100 valence electrons. The van der Waals surface area contributed by atoms with Crippen molar-refractivity contribution in [1.29, 1.82) is 0 Å². The van der Waals surface area contributed by atoms with E-state index in [0.717, 1.165) is 13.1 Å². The molecule has 0 saturated carbocycles. The molecule has 1 aliphatic heterocycles. The van der Waals surface area contributed by atoms with E-state index < -0.39 is 0 Å². The third-order valence-electron chi connectivity index (χ3n) is 2.98. The highest BCUT2D eigenvalue weighted by molar-refractivity contribution is 6.60. The van der Waals surface area contributed by atoms with Crippen LogP contribution in [0.5, 0.6) is 0 Å². The molecule has 3 amide bonds. The minimum Gasteiger partial charge on any atom is -0.400 e. The SMILES string of the molecule is O=[C]([Al])Nc1cccc(NC(=O)N2CC[N]([Al])CC2)c1. The van der Waals surface area contributed by atoms with Crippen LogP contribution in [-0.4, -0.2) is 78.6 Å². The number of nitrogens with one attached hydrogen (secondary N) is 2. The zero-order chi connectivity index (χ0) is 14.5. The fourth-order valence-electron chi connectivity index (χ4n) is 1.94. The van der Waals surface area contributed by atoms with Gasteiger partial charge in [-0.2, -0.15) is 0 Å². The van der Waals surface area contributed by atoms with Crippen molar-refractivity contribution in [1.82, 2.24) is 8.78 Å². The standard InChI is InChI=1S/C12H14N4O2.2Al/c17-9-14-10-2-1-3-11(8-10)15-12(18)16-6-4-13-5-7-16;;/h1-3,8H,4-7H2,(H,14,17)(H,15,18);;/q-1;;+1. The van der Waals surface area contributed by atoms with E-state index >= 15 is 0 Å². The zero-order valence-electron chi connectivity index (χ0n) is 11.0. The first-order valence-electron chi connectivity index (χ1n) is 6.27. The highest BCUT2D eigenvalue weighted by Crippen LogP contribution is 2.15. The van der Waals surface area contributed by atoms with Gasteiger partial charge in [0.1, 0.15) is 4.77 Å². The van der Waals surface area contributed by atoms with Crippen LogP contribution in [0.3, 0.4) is 0 Å². The number of carbonyl (C=O) groups excluding carboxylic acids is 2. The number of anilines is 2. The molecule has 2 N–H and O–H groups in total. The number of benzene rings is 1.